The van der Waals surface area contributed by atoms with Crippen molar-refractivity contribution in [1.29, 1.82) is 0 Å². The van der Waals surface area contributed by atoms with E-state index in [-0.39, 0.29) is 29.8 Å². The van der Waals surface area contributed by atoms with Crippen molar-refractivity contribution in [1.82, 2.24) is 10.2 Å². The van der Waals surface area contributed by atoms with Crippen molar-refractivity contribution in [2.75, 3.05) is 19.8 Å². The Bertz CT molecular complexity index is 380. The molecular formula is C16H28N2O3. The Morgan fingerprint density at radius 3 is 2.52 bits per heavy atom. The molecule has 5 nitrogen and oxygen atoms in total. The molecule has 0 aromatic carbocycles. The van der Waals surface area contributed by atoms with Crippen LogP contribution in [0.15, 0.2) is 0 Å². The number of amides is 2. The topological polar surface area (TPSA) is 58.6 Å². The first kappa shape index (κ1) is 16.3. The van der Waals surface area contributed by atoms with Gasteiger partial charge in [0.25, 0.3) is 0 Å². The van der Waals surface area contributed by atoms with Crippen LogP contribution in [0.2, 0.25) is 0 Å². The van der Waals surface area contributed by atoms with Crippen molar-refractivity contribution in [3.63, 3.8) is 0 Å². The number of nitrogens with zero attached hydrogens (tertiary/aromatic N) is 1. The van der Waals surface area contributed by atoms with Gasteiger partial charge in [0.2, 0.25) is 11.8 Å². The predicted molar refractivity (Wildman–Crippen MR) is 80.7 cm³/mol. The van der Waals surface area contributed by atoms with Crippen molar-refractivity contribution in [3.05, 3.63) is 0 Å². The van der Waals surface area contributed by atoms with E-state index < -0.39 is 0 Å². The van der Waals surface area contributed by atoms with E-state index in [0.717, 1.165) is 32.5 Å². The van der Waals surface area contributed by atoms with E-state index in [1.54, 1.807) is 0 Å². The highest BCUT2D eigenvalue weighted by Gasteiger charge is 2.42. The summed E-state index contributed by atoms with van der Waals surface area (Å²) in [4.78, 5) is 27.0. The Morgan fingerprint density at radius 2 is 1.95 bits per heavy atom. The number of nitrogens with one attached hydrogen (secondary N) is 1. The largest absolute Gasteiger partial charge is 0.381 e. The summed E-state index contributed by atoms with van der Waals surface area (Å²) in [6.45, 7) is 8.29. The smallest absolute Gasteiger partial charge is 0.246 e. The third kappa shape index (κ3) is 3.57. The highest BCUT2D eigenvalue weighted by atomic mass is 16.5. The zero-order valence-electron chi connectivity index (χ0n) is 13.4. The molecule has 2 saturated heterocycles. The second-order valence-corrected chi connectivity index (χ2v) is 6.34. The lowest BCUT2D eigenvalue weighted by molar-refractivity contribution is -0.152. The van der Waals surface area contributed by atoms with Gasteiger partial charge in [-0.15, -0.1) is 0 Å². The molecule has 0 bridgehead atoms. The van der Waals surface area contributed by atoms with E-state index in [4.69, 9.17) is 4.74 Å². The molecule has 1 N–H and O–H groups in total. The molecule has 2 heterocycles. The van der Waals surface area contributed by atoms with E-state index in [2.05, 4.69) is 12.2 Å². The maximum atomic E-state index is 12.8. The van der Waals surface area contributed by atoms with Gasteiger partial charge in [-0.3, -0.25) is 9.59 Å². The summed E-state index contributed by atoms with van der Waals surface area (Å²) in [6.07, 6.45) is 3.53. The van der Waals surface area contributed by atoms with Gasteiger partial charge in [0.05, 0.1) is 0 Å². The molecule has 2 aliphatic heterocycles. The molecule has 2 amide bonds. The highest BCUT2D eigenvalue weighted by molar-refractivity contribution is 5.97. The monoisotopic (exact) mass is 296 g/mol. The van der Waals surface area contributed by atoms with Gasteiger partial charge in [0.15, 0.2) is 0 Å². The van der Waals surface area contributed by atoms with Gasteiger partial charge in [-0.1, -0.05) is 27.2 Å². The summed E-state index contributed by atoms with van der Waals surface area (Å²) < 4.78 is 5.38. The molecule has 0 radical (unpaired) electrons. The van der Waals surface area contributed by atoms with Gasteiger partial charge < -0.3 is 15.0 Å². The molecule has 0 aromatic heterocycles. The average Bonchev–Trinajstić information content (AvgIpc) is 2.51. The number of hydrogen-bond acceptors (Lipinski definition) is 3. The molecule has 5 heteroatoms. The van der Waals surface area contributed by atoms with Crippen LogP contribution >= 0.6 is 0 Å². The van der Waals surface area contributed by atoms with Crippen LogP contribution in [-0.4, -0.2) is 48.6 Å². The summed E-state index contributed by atoms with van der Waals surface area (Å²) in [6, 6.07) is -0.661. The summed E-state index contributed by atoms with van der Waals surface area (Å²) in [5.74, 6) is 0.744. The van der Waals surface area contributed by atoms with Crippen molar-refractivity contribution >= 4 is 11.8 Å². The maximum absolute atomic E-state index is 12.8. The van der Waals surface area contributed by atoms with Gasteiger partial charge in [-0.05, 0) is 31.1 Å². The molecule has 3 unspecified atom stereocenters. The molecule has 21 heavy (non-hydrogen) atoms. The third-order valence-electron chi connectivity index (χ3n) is 4.92. The fourth-order valence-corrected chi connectivity index (χ4v) is 3.24. The van der Waals surface area contributed by atoms with E-state index in [1.807, 2.05) is 18.7 Å². The quantitative estimate of drug-likeness (QED) is 0.837. The first-order valence-corrected chi connectivity index (χ1v) is 8.27. The summed E-state index contributed by atoms with van der Waals surface area (Å²) >= 11 is 0. The van der Waals surface area contributed by atoms with Crippen LogP contribution in [0.3, 0.4) is 0 Å². The molecule has 2 aliphatic rings. The number of carbonyl (C=O) groups is 2. The number of hydrogen-bond donors (Lipinski definition) is 1. The van der Waals surface area contributed by atoms with Crippen LogP contribution in [0.25, 0.3) is 0 Å². The molecule has 2 fully saturated rings. The van der Waals surface area contributed by atoms with E-state index in [0.29, 0.717) is 18.9 Å². The minimum atomic E-state index is -0.356. The fourth-order valence-electron chi connectivity index (χ4n) is 3.24. The lowest BCUT2D eigenvalue weighted by Crippen LogP contribution is -2.65. The first-order chi connectivity index (χ1) is 10.1. The standard InChI is InChI=1S/C16H28N2O3/c1-4-11(3)14-16(20)18(13(5-2)15(19)17-14)10-12-6-8-21-9-7-12/h11-14H,4-10H2,1-3H3,(H,17,19). The van der Waals surface area contributed by atoms with Crippen molar-refractivity contribution in [2.24, 2.45) is 11.8 Å². The molecule has 0 spiro atoms. The van der Waals surface area contributed by atoms with Crippen LogP contribution in [0.1, 0.15) is 46.5 Å². The molecule has 120 valence electrons. The Morgan fingerprint density at radius 1 is 1.29 bits per heavy atom. The zero-order chi connectivity index (χ0) is 15.4. The zero-order valence-corrected chi connectivity index (χ0v) is 13.4. The first-order valence-electron chi connectivity index (χ1n) is 8.27. The van der Waals surface area contributed by atoms with Crippen molar-refractivity contribution in [3.8, 4) is 0 Å². The molecule has 0 saturated carbocycles. The summed E-state index contributed by atoms with van der Waals surface area (Å²) in [5, 5.41) is 2.93. The lowest BCUT2D eigenvalue weighted by Gasteiger charge is -2.42. The van der Waals surface area contributed by atoms with Crippen LogP contribution in [0, 0.1) is 11.8 Å². The lowest BCUT2D eigenvalue weighted by atomic mass is 9.91. The van der Waals surface area contributed by atoms with Crippen LogP contribution in [0.4, 0.5) is 0 Å². The van der Waals surface area contributed by atoms with Gasteiger partial charge >= 0.3 is 0 Å². The second kappa shape index (κ2) is 7.25. The number of carbonyl (C=O) groups excluding carboxylic acids is 2. The molecule has 0 aromatic rings. The van der Waals surface area contributed by atoms with Gasteiger partial charge in [0, 0.05) is 19.8 Å². The van der Waals surface area contributed by atoms with E-state index >= 15 is 0 Å². The Kier molecular flexibility index (Phi) is 5.62. The minimum Gasteiger partial charge on any atom is -0.381 e. The van der Waals surface area contributed by atoms with E-state index in [1.165, 1.54) is 0 Å². The summed E-state index contributed by atoms with van der Waals surface area (Å²) in [5.41, 5.74) is 0. The number of ether oxygens (including phenoxy) is 1. The fraction of sp³-hybridized carbons (Fsp3) is 0.875. The SMILES string of the molecule is CCC(C)C1NC(=O)C(CC)N(CC2CCOCC2)C1=O. The van der Waals surface area contributed by atoms with Crippen LogP contribution < -0.4 is 5.32 Å². The predicted octanol–water partition coefficient (Wildman–Crippen LogP) is 1.56. The van der Waals surface area contributed by atoms with Gasteiger partial charge in [-0.25, -0.2) is 0 Å². The minimum absolute atomic E-state index is 0.00876. The second-order valence-electron chi connectivity index (χ2n) is 6.34. The molecule has 3 atom stereocenters. The van der Waals surface area contributed by atoms with Gasteiger partial charge in [-0.2, -0.15) is 0 Å². The molecular weight excluding hydrogens is 268 g/mol. The molecule has 2 rings (SSSR count). The Balaban J connectivity index is 2.11. The number of rotatable bonds is 5. The molecule has 0 aliphatic carbocycles. The third-order valence-corrected chi connectivity index (χ3v) is 4.92. The number of piperazine rings is 1. The maximum Gasteiger partial charge on any atom is 0.246 e. The van der Waals surface area contributed by atoms with E-state index in [9.17, 15) is 9.59 Å². The van der Waals surface area contributed by atoms with Crippen molar-refractivity contribution < 1.29 is 14.3 Å². The van der Waals surface area contributed by atoms with Crippen LogP contribution in [-0.2, 0) is 14.3 Å². The average molecular weight is 296 g/mol. The Labute approximate surface area is 127 Å². The van der Waals surface area contributed by atoms with Crippen LogP contribution in [0.5, 0.6) is 0 Å². The van der Waals surface area contributed by atoms with Gasteiger partial charge in [0.1, 0.15) is 12.1 Å². The highest BCUT2D eigenvalue weighted by Crippen LogP contribution is 2.23. The van der Waals surface area contributed by atoms with Crippen molar-refractivity contribution in [2.45, 2.75) is 58.5 Å². The summed E-state index contributed by atoms with van der Waals surface area (Å²) in [7, 11) is 0. The Hall–Kier alpha value is -1.10. The normalized spacial score (nSPS) is 29.4.